The molecule has 0 bridgehead atoms. The van der Waals surface area contributed by atoms with E-state index in [9.17, 15) is 9.59 Å². The fourth-order valence-electron chi connectivity index (χ4n) is 2.23. The summed E-state index contributed by atoms with van der Waals surface area (Å²) in [6, 6.07) is -0.701. The maximum atomic E-state index is 12.2. The summed E-state index contributed by atoms with van der Waals surface area (Å²) >= 11 is 0. The van der Waals surface area contributed by atoms with Crippen LogP contribution in [0.4, 0.5) is 0 Å². The van der Waals surface area contributed by atoms with Gasteiger partial charge in [-0.05, 0) is 26.9 Å². The van der Waals surface area contributed by atoms with Gasteiger partial charge in [-0.1, -0.05) is 12.8 Å². The van der Waals surface area contributed by atoms with Crippen LogP contribution in [0.2, 0.25) is 0 Å². The van der Waals surface area contributed by atoms with Gasteiger partial charge in [0.1, 0.15) is 6.04 Å². The zero-order valence-electron chi connectivity index (χ0n) is 15.0. The Balaban J connectivity index is 4.13. The van der Waals surface area contributed by atoms with Gasteiger partial charge >= 0.3 is 0 Å². The smallest absolute Gasteiger partial charge is 0.239 e. The van der Waals surface area contributed by atoms with Crippen LogP contribution in [0.1, 0.15) is 32.1 Å². The summed E-state index contributed by atoms with van der Waals surface area (Å²) in [4.78, 5) is 27.9. The summed E-state index contributed by atoms with van der Waals surface area (Å²) in [6.07, 6.45) is 4.92. The van der Waals surface area contributed by atoms with E-state index >= 15 is 0 Å². The Labute approximate surface area is 147 Å². The largest absolute Gasteiger partial charge is 0.387 e. The van der Waals surface area contributed by atoms with Crippen molar-refractivity contribution in [2.45, 2.75) is 44.2 Å². The molecule has 0 aromatic rings. The first-order valence-electron chi connectivity index (χ1n) is 8.31. The number of unbranched alkanes of at least 4 members (excludes halogenated alkanes) is 2. The molecule has 2 amide bonds. The molecule has 0 aliphatic carbocycles. The van der Waals surface area contributed by atoms with Crippen molar-refractivity contribution >= 4 is 26.9 Å². The minimum Gasteiger partial charge on any atom is -0.387 e. The molecule has 0 radical (unpaired) electrons. The van der Waals surface area contributed by atoms with Gasteiger partial charge in [-0.3, -0.25) is 14.6 Å². The number of hydrogen-bond donors (Lipinski definition) is 5. The summed E-state index contributed by atoms with van der Waals surface area (Å²) in [5.41, 5.74) is 5.65. The average molecular weight is 360 g/mol. The number of carbonyl (C=O) groups excluding carboxylic acids is 2. The Morgan fingerprint density at radius 2 is 1.67 bits per heavy atom. The highest BCUT2D eigenvalue weighted by molar-refractivity contribution is 7.16. The van der Waals surface area contributed by atoms with Crippen LogP contribution < -0.4 is 27.0 Å². The van der Waals surface area contributed by atoms with Gasteiger partial charge in [0.2, 0.25) is 11.8 Å². The third-order valence-electron chi connectivity index (χ3n) is 3.80. The van der Waals surface area contributed by atoms with E-state index in [4.69, 9.17) is 5.73 Å². The highest BCUT2D eigenvalue weighted by atomic mass is 31.0. The Kier molecular flexibility index (Phi) is 13.4. The summed E-state index contributed by atoms with van der Waals surface area (Å²) < 4.78 is 0. The number of amides is 2. The van der Waals surface area contributed by atoms with Gasteiger partial charge in [0.15, 0.2) is 0 Å². The van der Waals surface area contributed by atoms with Crippen molar-refractivity contribution in [3.8, 4) is 0 Å². The van der Waals surface area contributed by atoms with E-state index in [1.807, 2.05) is 0 Å². The molecule has 0 heterocycles. The lowest BCUT2D eigenvalue weighted by atomic mass is 10.1. The van der Waals surface area contributed by atoms with Crippen molar-refractivity contribution in [3.05, 3.63) is 0 Å². The first-order chi connectivity index (χ1) is 11.5. The number of carbonyl (C=O) groups is 2. The van der Waals surface area contributed by atoms with Crippen molar-refractivity contribution in [1.29, 1.82) is 0 Å². The normalized spacial score (nSPS) is 14.1. The van der Waals surface area contributed by atoms with Gasteiger partial charge in [-0.2, -0.15) is 0 Å². The van der Waals surface area contributed by atoms with E-state index in [1.54, 1.807) is 21.1 Å². The van der Waals surface area contributed by atoms with Crippen LogP contribution in [0.5, 0.6) is 0 Å². The fraction of sp³-hybridized carbons (Fsp3) is 0.800. The maximum absolute atomic E-state index is 12.2. The number of amidine groups is 1. The second kappa shape index (κ2) is 14.1. The molecule has 24 heavy (non-hydrogen) atoms. The lowest BCUT2D eigenvalue weighted by Crippen LogP contribution is -2.52. The van der Waals surface area contributed by atoms with Crippen LogP contribution in [0.25, 0.3) is 0 Å². The van der Waals surface area contributed by atoms with Crippen molar-refractivity contribution < 1.29 is 9.59 Å². The second-order valence-electron chi connectivity index (χ2n) is 5.49. The monoisotopic (exact) mass is 360 g/mol. The molecule has 0 saturated heterocycles. The first kappa shape index (κ1) is 22.8. The molecular weight excluding hydrogens is 327 g/mol. The molecule has 2 unspecified atom stereocenters. The molecule has 9 heteroatoms. The third kappa shape index (κ3) is 9.80. The van der Waals surface area contributed by atoms with Crippen LogP contribution in [0, 0.1) is 0 Å². The van der Waals surface area contributed by atoms with E-state index < -0.39 is 6.04 Å². The van der Waals surface area contributed by atoms with Gasteiger partial charge in [0.05, 0.1) is 11.9 Å². The predicted octanol–water partition coefficient (Wildman–Crippen LogP) is -0.835. The SMILES string of the molecule is CN=C(N)CCCCC[C@H](NC)C(=O)NCC(NC)C(=O)NCP. The van der Waals surface area contributed by atoms with E-state index in [1.165, 1.54) is 0 Å². The minimum absolute atomic E-state index is 0.0916. The topological polar surface area (TPSA) is 121 Å². The number of likely N-dealkylation sites (N-methyl/N-ethyl adjacent to an activating group) is 2. The molecule has 6 N–H and O–H groups in total. The van der Waals surface area contributed by atoms with Crippen molar-refractivity contribution in [2.24, 2.45) is 10.7 Å². The van der Waals surface area contributed by atoms with Crippen LogP contribution in [0.3, 0.4) is 0 Å². The molecule has 0 fully saturated rings. The van der Waals surface area contributed by atoms with E-state index in [0.29, 0.717) is 12.1 Å². The van der Waals surface area contributed by atoms with Crippen LogP contribution in [0.15, 0.2) is 4.99 Å². The Morgan fingerprint density at radius 1 is 1.04 bits per heavy atom. The highest BCUT2D eigenvalue weighted by Gasteiger charge is 2.20. The van der Waals surface area contributed by atoms with Crippen LogP contribution in [-0.2, 0) is 9.59 Å². The van der Waals surface area contributed by atoms with Crippen LogP contribution >= 0.6 is 9.24 Å². The molecule has 3 atom stereocenters. The fourth-order valence-corrected chi connectivity index (χ4v) is 2.43. The molecule has 0 rings (SSSR count). The zero-order chi connectivity index (χ0) is 18.4. The maximum Gasteiger partial charge on any atom is 0.239 e. The number of aliphatic imine (C=N–C) groups is 1. The van der Waals surface area contributed by atoms with Gasteiger partial charge < -0.3 is 27.0 Å². The molecule has 0 aliphatic heterocycles. The Bertz CT molecular complexity index is 405. The van der Waals surface area contributed by atoms with Gasteiger partial charge in [-0.25, -0.2) is 0 Å². The number of nitrogens with zero attached hydrogens (tertiary/aromatic N) is 1. The lowest BCUT2D eigenvalue weighted by molar-refractivity contribution is -0.124. The molecule has 140 valence electrons. The van der Waals surface area contributed by atoms with Gasteiger partial charge in [0, 0.05) is 26.3 Å². The van der Waals surface area contributed by atoms with E-state index in [2.05, 4.69) is 35.5 Å². The highest BCUT2D eigenvalue weighted by Crippen LogP contribution is 2.06. The zero-order valence-corrected chi connectivity index (χ0v) is 16.2. The summed E-state index contributed by atoms with van der Waals surface area (Å²) in [7, 11) is 7.58. The molecule has 0 saturated carbocycles. The Hall–Kier alpha value is -1.24. The summed E-state index contributed by atoms with van der Waals surface area (Å²) in [5, 5.41) is 11.4. The molecular formula is C15H33N6O2P. The molecule has 0 aliphatic rings. The van der Waals surface area contributed by atoms with E-state index in [-0.39, 0.29) is 24.4 Å². The predicted molar refractivity (Wildman–Crippen MR) is 102 cm³/mol. The average Bonchev–Trinajstić information content (AvgIpc) is 2.58. The van der Waals surface area contributed by atoms with Crippen molar-refractivity contribution in [3.63, 3.8) is 0 Å². The summed E-state index contributed by atoms with van der Waals surface area (Å²) in [5.74, 6) is 0.440. The number of nitrogens with one attached hydrogen (secondary N) is 4. The first-order valence-corrected chi connectivity index (χ1v) is 9.12. The van der Waals surface area contributed by atoms with E-state index in [0.717, 1.165) is 32.1 Å². The minimum atomic E-state index is -0.441. The quantitative estimate of drug-likeness (QED) is 0.127. The summed E-state index contributed by atoms with van der Waals surface area (Å²) in [6.45, 7) is 0.257. The number of nitrogens with two attached hydrogens (primary N) is 1. The lowest BCUT2D eigenvalue weighted by Gasteiger charge is -2.19. The standard InChI is InChI=1S/C15H33N6O2P/c1-17-11(7-5-4-6-8-13(16)19-3)14(22)20-9-12(18-2)15(23)21-10-24/h11-12,17-18H,4-10,24H2,1-3H3,(H2,16,19)(H,20,22)(H,21,23)/t11-,12?/m0/s1. The van der Waals surface area contributed by atoms with Crippen molar-refractivity contribution in [1.82, 2.24) is 21.3 Å². The molecule has 0 spiro atoms. The Morgan fingerprint density at radius 3 is 2.21 bits per heavy atom. The number of rotatable bonds is 13. The van der Waals surface area contributed by atoms with Gasteiger partial charge in [-0.15, -0.1) is 9.24 Å². The van der Waals surface area contributed by atoms with Crippen molar-refractivity contribution in [2.75, 3.05) is 34.0 Å². The molecule has 8 nitrogen and oxygen atoms in total. The molecule has 0 aromatic heterocycles. The second-order valence-corrected chi connectivity index (χ2v) is 5.90. The molecule has 0 aromatic carbocycles. The third-order valence-corrected chi connectivity index (χ3v) is 4.00. The number of hydrogen-bond acceptors (Lipinski definition) is 5. The van der Waals surface area contributed by atoms with Crippen LogP contribution in [-0.4, -0.2) is 63.7 Å². The van der Waals surface area contributed by atoms with Gasteiger partial charge in [0.25, 0.3) is 0 Å².